The monoisotopic (exact) mass is 437 g/mol. The lowest BCUT2D eigenvalue weighted by molar-refractivity contribution is 0.0998. The lowest BCUT2D eigenvalue weighted by Gasteiger charge is -2.23. The topological polar surface area (TPSA) is 110 Å². The molecule has 0 fully saturated rings. The van der Waals surface area contributed by atoms with E-state index in [1.54, 1.807) is 42.5 Å². The minimum atomic E-state index is -3.49. The molecule has 7 nitrogen and oxygen atoms in total. The average Bonchev–Trinajstić information content (AvgIpc) is 2.72. The molecule has 0 atom stereocenters. The Morgan fingerprint density at radius 2 is 1.55 bits per heavy atom. The Labute approximate surface area is 181 Å². The van der Waals surface area contributed by atoms with Crippen LogP contribution in [0, 0.1) is 6.92 Å². The summed E-state index contributed by atoms with van der Waals surface area (Å²) in [6.45, 7) is 2.05. The zero-order chi connectivity index (χ0) is 22.6. The van der Waals surface area contributed by atoms with Crippen LogP contribution in [0.15, 0.2) is 72.8 Å². The lowest BCUT2D eigenvalue weighted by Crippen LogP contribution is -2.29. The summed E-state index contributed by atoms with van der Waals surface area (Å²) >= 11 is 0. The lowest BCUT2D eigenvalue weighted by atomic mass is 10.1. The van der Waals surface area contributed by atoms with Crippen LogP contribution in [-0.2, 0) is 16.6 Å². The van der Waals surface area contributed by atoms with Crippen molar-refractivity contribution < 1.29 is 18.0 Å². The normalized spacial score (nSPS) is 11.0. The quantitative estimate of drug-likeness (QED) is 0.591. The maximum Gasteiger partial charge on any atom is 0.255 e. The molecule has 3 aromatic rings. The number of sulfonamides is 1. The van der Waals surface area contributed by atoms with Gasteiger partial charge in [-0.3, -0.25) is 13.9 Å². The minimum absolute atomic E-state index is 0.152. The van der Waals surface area contributed by atoms with Crippen molar-refractivity contribution >= 4 is 33.2 Å². The molecule has 3 N–H and O–H groups in total. The fraction of sp³-hybridized carbons (Fsp3) is 0.130. The highest BCUT2D eigenvalue weighted by atomic mass is 32.2. The number of hydrogen-bond acceptors (Lipinski definition) is 4. The van der Waals surface area contributed by atoms with Gasteiger partial charge >= 0.3 is 0 Å². The summed E-state index contributed by atoms with van der Waals surface area (Å²) in [5.41, 5.74) is 8.80. The Kier molecular flexibility index (Phi) is 6.41. The Hall–Kier alpha value is -3.65. The molecule has 2 amide bonds. The summed E-state index contributed by atoms with van der Waals surface area (Å²) in [6, 6.07) is 20.3. The second-order valence-electron chi connectivity index (χ2n) is 7.20. The van der Waals surface area contributed by atoms with Gasteiger partial charge in [0.2, 0.25) is 15.9 Å². The molecule has 3 rings (SSSR count). The molecule has 3 aromatic carbocycles. The molecule has 160 valence electrons. The van der Waals surface area contributed by atoms with Crippen LogP contribution in [-0.4, -0.2) is 26.5 Å². The summed E-state index contributed by atoms with van der Waals surface area (Å²) in [5.74, 6) is -0.862. The third-order valence-electron chi connectivity index (χ3n) is 4.66. The first-order valence-electron chi connectivity index (χ1n) is 9.48. The van der Waals surface area contributed by atoms with Gasteiger partial charge in [-0.05, 0) is 66.6 Å². The third kappa shape index (κ3) is 5.70. The van der Waals surface area contributed by atoms with Crippen molar-refractivity contribution in [1.29, 1.82) is 0 Å². The van der Waals surface area contributed by atoms with Gasteiger partial charge in [0.15, 0.2) is 0 Å². The Morgan fingerprint density at radius 3 is 2.10 bits per heavy atom. The molecule has 0 heterocycles. The van der Waals surface area contributed by atoms with E-state index in [-0.39, 0.29) is 12.5 Å². The van der Waals surface area contributed by atoms with Crippen molar-refractivity contribution in [2.75, 3.05) is 15.9 Å². The van der Waals surface area contributed by atoms with Crippen molar-refractivity contribution in [1.82, 2.24) is 0 Å². The van der Waals surface area contributed by atoms with Crippen LogP contribution in [0.4, 0.5) is 11.4 Å². The van der Waals surface area contributed by atoms with E-state index < -0.39 is 15.9 Å². The van der Waals surface area contributed by atoms with Gasteiger partial charge in [0.25, 0.3) is 5.91 Å². The van der Waals surface area contributed by atoms with Crippen LogP contribution in [0.25, 0.3) is 0 Å². The molecule has 0 unspecified atom stereocenters. The molecule has 0 saturated carbocycles. The number of nitrogens with zero attached hydrogens (tertiary/aromatic N) is 1. The van der Waals surface area contributed by atoms with Gasteiger partial charge in [0.1, 0.15) is 0 Å². The van der Waals surface area contributed by atoms with Crippen molar-refractivity contribution in [2.45, 2.75) is 13.5 Å². The van der Waals surface area contributed by atoms with Gasteiger partial charge in [0, 0.05) is 16.8 Å². The van der Waals surface area contributed by atoms with Crippen LogP contribution >= 0.6 is 0 Å². The molecule has 0 aromatic heterocycles. The second kappa shape index (κ2) is 9.01. The molecule has 0 spiro atoms. The number of nitrogens with two attached hydrogens (primary N) is 1. The molecule has 0 aliphatic carbocycles. The maximum atomic E-state index is 12.5. The number of rotatable bonds is 7. The van der Waals surface area contributed by atoms with E-state index in [4.69, 9.17) is 5.73 Å². The van der Waals surface area contributed by atoms with Crippen LogP contribution in [0.1, 0.15) is 31.8 Å². The molecule has 0 bridgehead atoms. The maximum absolute atomic E-state index is 12.5. The summed E-state index contributed by atoms with van der Waals surface area (Å²) < 4.78 is 26.0. The predicted octanol–water partition coefficient (Wildman–Crippen LogP) is 3.31. The van der Waals surface area contributed by atoms with E-state index in [9.17, 15) is 18.0 Å². The van der Waals surface area contributed by atoms with E-state index in [1.165, 1.54) is 22.7 Å². The smallest absolute Gasteiger partial charge is 0.255 e. The van der Waals surface area contributed by atoms with Crippen LogP contribution in [0.5, 0.6) is 0 Å². The van der Waals surface area contributed by atoms with E-state index in [1.807, 2.05) is 25.1 Å². The number of anilines is 2. The molecule has 0 saturated heterocycles. The van der Waals surface area contributed by atoms with Gasteiger partial charge in [-0.25, -0.2) is 8.42 Å². The molecule has 0 aliphatic heterocycles. The predicted molar refractivity (Wildman–Crippen MR) is 122 cm³/mol. The number of nitrogens with one attached hydrogen (secondary N) is 1. The van der Waals surface area contributed by atoms with Crippen molar-refractivity contribution in [3.8, 4) is 0 Å². The molecule has 0 aliphatic rings. The zero-order valence-corrected chi connectivity index (χ0v) is 18.0. The van der Waals surface area contributed by atoms with Crippen molar-refractivity contribution in [3.05, 3.63) is 95.1 Å². The SMILES string of the molecule is Cc1cccc(N(Cc2ccc(C(=O)Nc3ccc(C(N)=O)cc3)cc2)S(C)(=O)=O)c1. The fourth-order valence-corrected chi connectivity index (χ4v) is 3.91. The number of amides is 2. The Bertz CT molecular complexity index is 1200. The van der Waals surface area contributed by atoms with Gasteiger partial charge in [-0.15, -0.1) is 0 Å². The first kappa shape index (κ1) is 22.0. The fourth-order valence-electron chi connectivity index (χ4n) is 3.03. The molecular formula is C23H23N3O4S. The van der Waals surface area contributed by atoms with Crippen molar-refractivity contribution in [2.24, 2.45) is 5.73 Å². The highest BCUT2D eigenvalue weighted by Crippen LogP contribution is 2.22. The molecular weight excluding hydrogens is 414 g/mol. The largest absolute Gasteiger partial charge is 0.366 e. The summed E-state index contributed by atoms with van der Waals surface area (Å²) in [5, 5.41) is 2.74. The van der Waals surface area contributed by atoms with E-state index in [0.717, 1.165) is 11.1 Å². The second-order valence-corrected chi connectivity index (χ2v) is 9.11. The van der Waals surface area contributed by atoms with Crippen LogP contribution < -0.4 is 15.4 Å². The van der Waals surface area contributed by atoms with Gasteiger partial charge in [-0.1, -0.05) is 24.3 Å². The molecule has 8 heteroatoms. The number of carbonyl (C=O) groups is 2. The van der Waals surface area contributed by atoms with Crippen LogP contribution in [0.3, 0.4) is 0 Å². The van der Waals surface area contributed by atoms with E-state index in [0.29, 0.717) is 22.5 Å². The number of primary amides is 1. The third-order valence-corrected chi connectivity index (χ3v) is 5.80. The summed E-state index contributed by atoms with van der Waals surface area (Å²) in [4.78, 5) is 23.6. The zero-order valence-electron chi connectivity index (χ0n) is 17.2. The highest BCUT2D eigenvalue weighted by molar-refractivity contribution is 7.92. The molecule has 31 heavy (non-hydrogen) atoms. The van der Waals surface area contributed by atoms with Gasteiger partial charge < -0.3 is 11.1 Å². The first-order chi connectivity index (χ1) is 14.6. The summed E-state index contributed by atoms with van der Waals surface area (Å²) in [6.07, 6.45) is 1.17. The average molecular weight is 438 g/mol. The number of carbonyl (C=O) groups excluding carboxylic acids is 2. The first-order valence-corrected chi connectivity index (χ1v) is 11.3. The minimum Gasteiger partial charge on any atom is -0.366 e. The standard InChI is InChI=1S/C23H23N3O4S/c1-16-4-3-5-21(14-16)26(31(2,29)30)15-17-6-8-19(9-7-17)23(28)25-20-12-10-18(11-13-20)22(24)27/h3-14H,15H2,1-2H3,(H2,24,27)(H,25,28). The highest BCUT2D eigenvalue weighted by Gasteiger charge is 2.18. The van der Waals surface area contributed by atoms with Crippen molar-refractivity contribution in [3.63, 3.8) is 0 Å². The van der Waals surface area contributed by atoms with E-state index >= 15 is 0 Å². The number of benzene rings is 3. The Morgan fingerprint density at radius 1 is 0.935 bits per heavy atom. The number of aryl methyl sites for hydroxylation is 1. The number of hydrogen-bond donors (Lipinski definition) is 2. The molecule has 0 radical (unpaired) electrons. The van der Waals surface area contributed by atoms with Gasteiger partial charge in [-0.2, -0.15) is 0 Å². The Balaban J connectivity index is 1.73. The summed E-state index contributed by atoms with van der Waals surface area (Å²) in [7, 11) is -3.49. The van der Waals surface area contributed by atoms with Crippen LogP contribution in [0.2, 0.25) is 0 Å². The van der Waals surface area contributed by atoms with E-state index in [2.05, 4.69) is 5.32 Å². The van der Waals surface area contributed by atoms with Gasteiger partial charge in [0.05, 0.1) is 18.5 Å².